The number of nitrogen functional groups attached to an aromatic ring is 1. The van der Waals surface area contributed by atoms with Crippen LogP contribution < -0.4 is 10.5 Å². The maximum absolute atomic E-state index is 6.05. The number of rotatable bonds is 3. The minimum Gasteiger partial charge on any atom is -0.479 e. The van der Waals surface area contributed by atoms with Crippen molar-refractivity contribution in [1.29, 1.82) is 0 Å². The molecule has 1 aromatic carbocycles. The van der Waals surface area contributed by atoms with E-state index < -0.39 is 0 Å². The Morgan fingerprint density at radius 1 is 1.24 bits per heavy atom. The second kappa shape index (κ2) is 5.21. The maximum Gasteiger partial charge on any atom is 0.245 e. The van der Waals surface area contributed by atoms with Crippen LogP contribution in [0.2, 0.25) is 5.02 Å². The molecule has 1 atom stereocenters. The van der Waals surface area contributed by atoms with Crippen LogP contribution in [0, 0.1) is 0 Å². The number of ether oxygens (including phenoxy) is 1. The third kappa shape index (κ3) is 2.27. The van der Waals surface area contributed by atoms with E-state index in [-0.39, 0.29) is 6.04 Å². The van der Waals surface area contributed by atoms with E-state index in [0.29, 0.717) is 28.0 Å². The molecule has 0 saturated carbocycles. The smallest absolute Gasteiger partial charge is 0.245 e. The lowest BCUT2D eigenvalue weighted by atomic mass is 10.1. The molecular weight excluding hydrogens is 290 g/mol. The number of imidazole rings is 1. The molecule has 3 aromatic rings. The van der Waals surface area contributed by atoms with Crippen LogP contribution in [0.4, 0.5) is 5.95 Å². The first-order chi connectivity index (χ1) is 10.1. The highest BCUT2D eigenvalue weighted by Gasteiger charge is 2.19. The molecule has 108 valence electrons. The Morgan fingerprint density at radius 3 is 2.62 bits per heavy atom. The van der Waals surface area contributed by atoms with E-state index in [1.54, 1.807) is 7.11 Å². The first-order valence-corrected chi connectivity index (χ1v) is 6.77. The number of halogens is 1. The van der Waals surface area contributed by atoms with Gasteiger partial charge in [-0.2, -0.15) is 4.98 Å². The van der Waals surface area contributed by atoms with Gasteiger partial charge in [0.25, 0.3) is 0 Å². The van der Waals surface area contributed by atoms with Gasteiger partial charge in [0.2, 0.25) is 11.8 Å². The van der Waals surface area contributed by atoms with E-state index in [1.807, 2.05) is 35.8 Å². The summed E-state index contributed by atoms with van der Waals surface area (Å²) in [5, 5.41) is 0.693. The Bertz CT molecular complexity index is 784. The normalized spacial score (nSPS) is 12.5. The molecule has 7 heteroatoms. The number of nitrogens with two attached hydrogens (primary N) is 1. The summed E-state index contributed by atoms with van der Waals surface area (Å²) < 4.78 is 7.05. The van der Waals surface area contributed by atoms with Gasteiger partial charge in [0, 0.05) is 5.02 Å². The van der Waals surface area contributed by atoms with Gasteiger partial charge < -0.3 is 10.5 Å². The average molecular weight is 304 g/mol. The number of hydrogen-bond donors (Lipinski definition) is 1. The summed E-state index contributed by atoms with van der Waals surface area (Å²) in [5.41, 5.74) is 8.30. The second-order valence-electron chi connectivity index (χ2n) is 4.62. The monoisotopic (exact) mass is 303 g/mol. The summed E-state index contributed by atoms with van der Waals surface area (Å²) >= 11 is 5.93. The van der Waals surface area contributed by atoms with Crippen LogP contribution in [0.3, 0.4) is 0 Å². The predicted molar refractivity (Wildman–Crippen MR) is 81.6 cm³/mol. The van der Waals surface area contributed by atoms with Crippen molar-refractivity contribution in [3.05, 3.63) is 41.2 Å². The van der Waals surface area contributed by atoms with E-state index in [1.165, 1.54) is 6.33 Å². The zero-order valence-electron chi connectivity index (χ0n) is 11.6. The number of benzene rings is 1. The van der Waals surface area contributed by atoms with Gasteiger partial charge in [0.15, 0.2) is 11.2 Å². The van der Waals surface area contributed by atoms with Crippen molar-refractivity contribution in [2.75, 3.05) is 12.8 Å². The average Bonchev–Trinajstić information content (AvgIpc) is 2.83. The van der Waals surface area contributed by atoms with Crippen LogP contribution in [0.5, 0.6) is 5.88 Å². The molecule has 2 heterocycles. The number of hydrogen-bond acceptors (Lipinski definition) is 5. The van der Waals surface area contributed by atoms with E-state index >= 15 is 0 Å². The van der Waals surface area contributed by atoms with Gasteiger partial charge in [0.1, 0.15) is 6.33 Å². The third-order valence-electron chi connectivity index (χ3n) is 3.40. The fourth-order valence-corrected chi connectivity index (χ4v) is 2.45. The largest absolute Gasteiger partial charge is 0.479 e. The minimum absolute atomic E-state index is 0.0353. The molecule has 0 aliphatic carbocycles. The highest BCUT2D eigenvalue weighted by molar-refractivity contribution is 6.30. The van der Waals surface area contributed by atoms with Crippen LogP contribution >= 0.6 is 11.6 Å². The number of methoxy groups -OCH3 is 1. The van der Waals surface area contributed by atoms with Crippen LogP contribution in [0.25, 0.3) is 11.2 Å². The lowest BCUT2D eigenvalue weighted by Gasteiger charge is -2.15. The first-order valence-electron chi connectivity index (χ1n) is 6.39. The van der Waals surface area contributed by atoms with Gasteiger partial charge in [-0.25, -0.2) is 9.97 Å². The number of nitrogens with zero attached hydrogens (tertiary/aromatic N) is 4. The van der Waals surface area contributed by atoms with Gasteiger partial charge in [0.05, 0.1) is 13.2 Å². The highest BCUT2D eigenvalue weighted by atomic mass is 35.5. The van der Waals surface area contributed by atoms with Crippen LogP contribution in [-0.2, 0) is 0 Å². The third-order valence-corrected chi connectivity index (χ3v) is 3.66. The molecule has 1 unspecified atom stereocenters. The standard InChI is InChI=1S/C14H14ClN5O/c1-8(9-3-5-10(15)6-4-9)20-12-11(19-14(20)16)13(21-2)18-7-17-12/h3-8H,1-2H3,(H2,16,19). The zero-order chi connectivity index (χ0) is 15.0. The Labute approximate surface area is 126 Å². The summed E-state index contributed by atoms with van der Waals surface area (Å²) in [4.78, 5) is 12.6. The Kier molecular flexibility index (Phi) is 3.39. The molecule has 2 N–H and O–H groups in total. The van der Waals surface area contributed by atoms with Crippen molar-refractivity contribution < 1.29 is 4.74 Å². The first kappa shape index (κ1) is 13.6. The molecule has 0 aliphatic heterocycles. The molecule has 21 heavy (non-hydrogen) atoms. The summed E-state index contributed by atoms with van der Waals surface area (Å²) in [5.74, 6) is 0.778. The van der Waals surface area contributed by atoms with Crippen molar-refractivity contribution in [3.63, 3.8) is 0 Å². The number of aromatic nitrogens is 4. The topological polar surface area (TPSA) is 78.8 Å². The lowest BCUT2D eigenvalue weighted by molar-refractivity contribution is 0.401. The molecule has 0 radical (unpaired) electrons. The molecular formula is C14H14ClN5O. The SMILES string of the molecule is COc1ncnc2c1nc(N)n2C(C)c1ccc(Cl)cc1. The summed E-state index contributed by atoms with van der Waals surface area (Å²) in [7, 11) is 1.54. The van der Waals surface area contributed by atoms with Gasteiger partial charge >= 0.3 is 0 Å². The highest BCUT2D eigenvalue weighted by Crippen LogP contribution is 2.29. The number of fused-ring (bicyclic) bond motifs is 1. The van der Waals surface area contributed by atoms with Gasteiger partial charge in [-0.3, -0.25) is 4.57 Å². The van der Waals surface area contributed by atoms with E-state index in [0.717, 1.165) is 5.56 Å². The van der Waals surface area contributed by atoms with E-state index in [9.17, 15) is 0 Å². The van der Waals surface area contributed by atoms with Crippen molar-refractivity contribution in [3.8, 4) is 5.88 Å². The summed E-state index contributed by atoms with van der Waals surface area (Å²) in [6, 6.07) is 7.57. The van der Waals surface area contributed by atoms with Crippen LogP contribution in [0.15, 0.2) is 30.6 Å². The molecule has 2 aromatic heterocycles. The Morgan fingerprint density at radius 2 is 1.95 bits per heavy atom. The van der Waals surface area contributed by atoms with Crippen molar-refractivity contribution >= 4 is 28.7 Å². The molecule has 0 saturated heterocycles. The maximum atomic E-state index is 6.05. The Balaban J connectivity index is 2.15. The van der Waals surface area contributed by atoms with Gasteiger partial charge in [-0.15, -0.1) is 0 Å². The fourth-order valence-electron chi connectivity index (χ4n) is 2.33. The minimum atomic E-state index is -0.0353. The Hall–Kier alpha value is -2.34. The van der Waals surface area contributed by atoms with Crippen molar-refractivity contribution in [1.82, 2.24) is 19.5 Å². The van der Waals surface area contributed by atoms with Crippen molar-refractivity contribution in [2.24, 2.45) is 0 Å². The van der Waals surface area contributed by atoms with Gasteiger partial charge in [-0.05, 0) is 24.6 Å². The van der Waals surface area contributed by atoms with Gasteiger partial charge in [-0.1, -0.05) is 23.7 Å². The fraction of sp³-hybridized carbons (Fsp3) is 0.214. The zero-order valence-corrected chi connectivity index (χ0v) is 12.4. The van der Waals surface area contributed by atoms with Crippen molar-refractivity contribution in [2.45, 2.75) is 13.0 Å². The van der Waals surface area contributed by atoms with Crippen LogP contribution in [-0.4, -0.2) is 26.6 Å². The summed E-state index contributed by atoms with van der Waals surface area (Å²) in [6.45, 7) is 2.02. The molecule has 3 rings (SSSR count). The molecule has 0 bridgehead atoms. The molecule has 0 aliphatic rings. The lowest BCUT2D eigenvalue weighted by Crippen LogP contribution is -2.10. The van der Waals surface area contributed by atoms with E-state index in [4.69, 9.17) is 22.1 Å². The van der Waals surface area contributed by atoms with E-state index in [2.05, 4.69) is 15.0 Å². The second-order valence-corrected chi connectivity index (χ2v) is 5.06. The van der Waals surface area contributed by atoms with Crippen LogP contribution in [0.1, 0.15) is 18.5 Å². The number of anilines is 1. The quantitative estimate of drug-likeness (QED) is 0.804. The molecule has 6 nitrogen and oxygen atoms in total. The molecule has 0 fully saturated rings. The molecule has 0 amide bonds. The predicted octanol–water partition coefficient (Wildman–Crippen LogP) is 2.68. The molecule has 0 spiro atoms. The summed E-state index contributed by atoms with van der Waals surface area (Å²) in [6.07, 6.45) is 1.44.